The van der Waals surface area contributed by atoms with Gasteiger partial charge in [-0.3, -0.25) is 9.48 Å². The molecular formula is C9H10N4OS. The maximum atomic E-state index is 11.9. The summed E-state index contributed by atoms with van der Waals surface area (Å²) >= 11 is 1.10. The number of nitrogens with zero attached hydrogens (tertiary/aromatic N) is 4. The Morgan fingerprint density at radius 1 is 1.60 bits per heavy atom. The van der Waals surface area contributed by atoms with Crippen LogP contribution >= 0.6 is 11.5 Å². The van der Waals surface area contributed by atoms with Crippen LogP contribution in [0.5, 0.6) is 0 Å². The van der Waals surface area contributed by atoms with Gasteiger partial charge in [0.25, 0.3) is 0 Å². The monoisotopic (exact) mass is 222 g/mol. The number of carbonyl (C=O) groups is 1. The highest BCUT2D eigenvalue weighted by atomic mass is 32.1. The summed E-state index contributed by atoms with van der Waals surface area (Å²) in [5, 5.41) is 7.74. The van der Waals surface area contributed by atoms with Gasteiger partial charge in [-0.15, -0.1) is 5.10 Å². The van der Waals surface area contributed by atoms with E-state index in [9.17, 15) is 4.79 Å². The van der Waals surface area contributed by atoms with E-state index in [-0.39, 0.29) is 5.78 Å². The van der Waals surface area contributed by atoms with Crippen molar-refractivity contribution in [1.82, 2.24) is 19.4 Å². The van der Waals surface area contributed by atoms with Crippen LogP contribution in [0.15, 0.2) is 18.5 Å². The normalized spacial score (nSPS) is 10.5. The number of hydrogen-bond acceptors (Lipinski definition) is 5. The van der Waals surface area contributed by atoms with E-state index in [1.165, 1.54) is 6.20 Å². The van der Waals surface area contributed by atoms with E-state index in [4.69, 9.17) is 0 Å². The lowest BCUT2D eigenvalue weighted by Crippen LogP contribution is -2.10. The SMILES string of the molecule is CCCn1nccc1C(=O)c1cnns1. The van der Waals surface area contributed by atoms with Gasteiger partial charge in [0.15, 0.2) is 0 Å². The summed E-state index contributed by atoms with van der Waals surface area (Å²) in [7, 11) is 0. The summed E-state index contributed by atoms with van der Waals surface area (Å²) in [6, 6.07) is 1.72. The predicted molar refractivity (Wildman–Crippen MR) is 55.9 cm³/mol. The lowest BCUT2D eigenvalue weighted by Gasteiger charge is -2.02. The molecule has 0 saturated heterocycles. The van der Waals surface area contributed by atoms with Gasteiger partial charge in [0.1, 0.15) is 10.6 Å². The first-order valence-corrected chi connectivity index (χ1v) is 5.44. The van der Waals surface area contributed by atoms with Crippen molar-refractivity contribution in [3.63, 3.8) is 0 Å². The van der Waals surface area contributed by atoms with Crippen LogP contribution in [0.3, 0.4) is 0 Å². The summed E-state index contributed by atoms with van der Waals surface area (Å²) in [6.45, 7) is 2.80. The van der Waals surface area contributed by atoms with E-state index in [0.29, 0.717) is 10.6 Å². The average molecular weight is 222 g/mol. The highest BCUT2D eigenvalue weighted by Crippen LogP contribution is 2.11. The van der Waals surface area contributed by atoms with Crippen LogP contribution in [0.1, 0.15) is 28.7 Å². The highest BCUT2D eigenvalue weighted by molar-refractivity contribution is 7.08. The molecule has 0 saturated carbocycles. The summed E-state index contributed by atoms with van der Waals surface area (Å²) < 4.78 is 5.38. The van der Waals surface area contributed by atoms with Gasteiger partial charge in [-0.25, -0.2) is 0 Å². The third-order valence-corrected chi connectivity index (χ3v) is 2.63. The van der Waals surface area contributed by atoms with Crippen molar-refractivity contribution in [1.29, 1.82) is 0 Å². The molecule has 0 aliphatic rings. The molecule has 2 aromatic rings. The van der Waals surface area contributed by atoms with Gasteiger partial charge >= 0.3 is 0 Å². The molecule has 2 aromatic heterocycles. The molecule has 0 radical (unpaired) electrons. The largest absolute Gasteiger partial charge is 0.286 e. The van der Waals surface area contributed by atoms with Crippen LogP contribution in [0.4, 0.5) is 0 Å². The zero-order chi connectivity index (χ0) is 10.7. The molecule has 0 fully saturated rings. The van der Waals surface area contributed by atoms with Gasteiger partial charge in [-0.1, -0.05) is 11.4 Å². The van der Waals surface area contributed by atoms with Gasteiger partial charge in [0.05, 0.1) is 6.20 Å². The number of rotatable bonds is 4. The molecule has 15 heavy (non-hydrogen) atoms. The van der Waals surface area contributed by atoms with Crippen LogP contribution in [-0.2, 0) is 6.54 Å². The Hall–Kier alpha value is -1.56. The zero-order valence-electron chi connectivity index (χ0n) is 8.25. The average Bonchev–Trinajstić information content (AvgIpc) is 2.87. The molecule has 2 rings (SSSR count). The van der Waals surface area contributed by atoms with Crippen LogP contribution in [0.25, 0.3) is 0 Å². The van der Waals surface area contributed by atoms with Gasteiger partial charge in [0.2, 0.25) is 5.78 Å². The molecule has 0 atom stereocenters. The number of aromatic nitrogens is 4. The standard InChI is InChI=1S/C9H10N4OS/c1-2-5-13-7(3-4-11-13)9(14)8-6-10-12-15-8/h3-4,6H,2,5H2,1H3. The minimum atomic E-state index is -0.0593. The quantitative estimate of drug-likeness (QED) is 0.733. The maximum Gasteiger partial charge on any atom is 0.224 e. The van der Waals surface area contributed by atoms with Crippen molar-refractivity contribution in [2.24, 2.45) is 0 Å². The Balaban J connectivity index is 2.29. The van der Waals surface area contributed by atoms with E-state index >= 15 is 0 Å². The molecule has 0 spiro atoms. The van der Waals surface area contributed by atoms with Gasteiger partial charge in [-0.2, -0.15) is 5.10 Å². The molecule has 0 aliphatic heterocycles. The van der Waals surface area contributed by atoms with Crippen molar-refractivity contribution < 1.29 is 4.79 Å². The summed E-state index contributed by atoms with van der Waals surface area (Å²) in [5.41, 5.74) is 0.600. The molecule has 0 aromatic carbocycles. The molecule has 0 aliphatic carbocycles. The van der Waals surface area contributed by atoms with Crippen LogP contribution < -0.4 is 0 Å². The first-order valence-electron chi connectivity index (χ1n) is 4.66. The van der Waals surface area contributed by atoms with Crippen molar-refractivity contribution >= 4 is 17.3 Å². The van der Waals surface area contributed by atoms with Crippen molar-refractivity contribution in [3.05, 3.63) is 29.0 Å². The van der Waals surface area contributed by atoms with Crippen molar-refractivity contribution in [3.8, 4) is 0 Å². The number of ketones is 1. The molecule has 0 amide bonds. The Bertz CT molecular complexity index is 448. The summed E-state index contributed by atoms with van der Waals surface area (Å²) in [5.74, 6) is -0.0593. The topological polar surface area (TPSA) is 60.7 Å². The van der Waals surface area contributed by atoms with Gasteiger partial charge in [0, 0.05) is 12.7 Å². The smallest absolute Gasteiger partial charge is 0.224 e. The third kappa shape index (κ3) is 1.94. The fourth-order valence-electron chi connectivity index (χ4n) is 1.31. The lowest BCUT2D eigenvalue weighted by molar-refractivity contribution is 0.103. The number of hydrogen-bond donors (Lipinski definition) is 0. The van der Waals surface area contributed by atoms with E-state index in [1.807, 2.05) is 6.92 Å². The minimum Gasteiger partial charge on any atom is -0.286 e. The third-order valence-electron chi connectivity index (χ3n) is 1.97. The number of carbonyl (C=O) groups excluding carboxylic acids is 1. The second-order valence-corrected chi connectivity index (χ2v) is 3.84. The lowest BCUT2D eigenvalue weighted by atomic mass is 10.2. The zero-order valence-corrected chi connectivity index (χ0v) is 9.07. The molecule has 0 unspecified atom stereocenters. The van der Waals surface area contributed by atoms with Crippen LogP contribution in [0.2, 0.25) is 0 Å². The van der Waals surface area contributed by atoms with E-state index in [2.05, 4.69) is 14.7 Å². The van der Waals surface area contributed by atoms with E-state index < -0.39 is 0 Å². The molecular weight excluding hydrogens is 212 g/mol. The van der Waals surface area contributed by atoms with E-state index in [0.717, 1.165) is 24.5 Å². The second-order valence-electron chi connectivity index (χ2n) is 3.05. The molecule has 0 bridgehead atoms. The summed E-state index contributed by atoms with van der Waals surface area (Å²) in [6.07, 6.45) is 4.07. The van der Waals surface area contributed by atoms with Gasteiger partial charge in [-0.05, 0) is 24.0 Å². The molecule has 0 N–H and O–H groups in total. The van der Waals surface area contributed by atoms with Crippen LogP contribution in [0, 0.1) is 0 Å². The molecule has 78 valence electrons. The van der Waals surface area contributed by atoms with E-state index in [1.54, 1.807) is 16.9 Å². The van der Waals surface area contributed by atoms with Crippen molar-refractivity contribution in [2.75, 3.05) is 0 Å². The predicted octanol–water partition coefficient (Wildman–Crippen LogP) is 1.38. The Kier molecular flexibility index (Phi) is 2.86. The minimum absolute atomic E-state index is 0.0593. The van der Waals surface area contributed by atoms with Crippen LogP contribution in [-0.4, -0.2) is 25.2 Å². The fraction of sp³-hybridized carbons (Fsp3) is 0.333. The highest BCUT2D eigenvalue weighted by Gasteiger charge is 2.15. The fourth-order valence-corrected chi connectivity index (χ4v) is 1.77. The van der Waals surface area contributed by atoms with Crippen molar-refractivity contribution in [2.45, 2.75) is 19.9 Å². The Morgan fingerprint density at radius 3 is 3.13 bits per heavy atom. The second kappa shape index (κ2) is 4.31. The van der Waals surface area contributed by atoms with Gasteiger partial charge < -0.3 is 0 Å². The maximum absolute atomic E-state index is 11.9. The molecule has 5 nitrogen and oxygen atoms in total. The molecule has 6 heteroatoms. The first kappa shape index (κ1) is 9.97. The first-order chi connectivity index (χ1) is 7.33. The summed E-state index contributed by atoms with van der Waals surface area (Å²) in [4.78, 5) is 12.5. The molecule has 2 heterocycles. The Labute approximate surface area is 90.9 Å². The number of aryl methyl sites for hydroxylation is 1. The Morgan fingerprint density at radius 2 is 2.47 bits per heavy atom.